The van der Waals surface area contributed by atoms with Gasteiger partial charge >= 0.3 is 0 Å². The third-order valence-electron chi connectivity index (χ3n) is 3.20. The molecule has 0 N–H and O–H groups in total. The van der Waals surface area contributed by atoms with Crippen molar-refractivity contribution in [3.63, 3.8) is 0 Å². The molecule has 0 bridgehead atoms. The summed E-state index contributed by atoms with van der Waals surface area (Å²) in [4.78, 5) is 23.5. The van der Waals surface area contributed by atoms with Crippen LogP contribution in [0.15, 0.2) is 30.4 Å². The first-order valence-corrected chi connectivity index (χ1v) is 5.30. The highest BCUT2D eigenvalue weighted by molar-refractivity contribution is 6.23. The van der Waals surface area contributed by atoms with Gasteiger partial charge in [-0.3, -0.25) is 9.59 Å². The Kier molecular flexibility index (Phi) is 1.75. The van der Waals surface area contributed by atoms with E-state index in [9.17, 15) is 9.59 Å². The molecular weight excluding hydrogens is 200 g/mol. The smallest absolute Gasteiger partial charge is 0.187 e. The molecule has 0 aromatic heterocycles. The van der Waals surface area contributed by atoms with E-state index in [1.807, 2.05) is 19.1 Å². The molecule has 2 aliphatic carbocycles. The average Bonchev–Trinajstić information content (AvgIpc) is 2.66. The van der Waals surface area contributed by atoms with E-state index in [0.29, 0.717) is 11.1 Å². The number of fused-ring (bicyclic) bond motifs is 3. The van der Waals surface area contributed by atoms with Gasteiger partial charge in [0.2, 0.25) is 0 Å². The zero-order chi connectivity index (χ0) is 11.3. The van der Waals surface area contributed by atoms with Gasteiger partial charge in [-0.2, -0.15) is 0 Å². The normalized spacial score (nSPS) is 21.2. The van der Waals surface area contributed by atoms with E-state index in [4.69, 9.17) is 0 Å². The Labute approximate surface area is 93.3 Å². The zero-order valence-electron chi connectivity index (χ0n) is 8.86. The van der Waals surface area contributed by atoms with E-state index in [1.165, 1.54) is 12.2 Å². The minimum Gasteiger partial charge on any atom is -0.289 e. The zero-order valence-corrected chi connectivity index (χ0v) is 8.86. The van der Waals surface area contributed by atoms with Crippen LogP contribution in [0, 0.1) is 0 Å². The minimum atomic E-state index is -0.0727. The summed E-state index contributed by atoms with van der Waals surface area (Å²) in [6.45, 7) is 2.04. The van der Waals surface area contributed by atoms with Crippen LogP contribution in [0.4, 0.5) is 0 Å². The monoisotopic (exact) mass is 210 g/mol. The minimum absolute atomic E-state index is 0.0537. The molecule has 1 aromatic carbocycles. The summed E-state index contributed by atoms with van der Waals surface area (Å²) in [7, 11) is 0. The molecule has 0 fully saturated rings. The number of carbonyl (C=O) groups excluding carboxylic acids is 2. The first-order valence-electron chi connectivity index (χ1n) is 5.30. The first-order chi connectivity index (χ1) is 7.68. The number of carbonyl (C=O) groups is 2. The molecule has 1 atom stereocenters. The van der Waals surface area contributed by atoms with Crippen molar-refractivity contribution in [1.82, 2.24) is 0 Å². The van der Waals surface area contributed by atoms with Crippen molar-refractivity contribution in [2.45, 2.75) is 12.8 Å². The lowest BCUT2D eigenvalue weighted by molar-refractivity contribution is 0.0993. The Bertz CT molecular complexity index is 577. The van der Waals surface area contributed by atoms with Crippen LogP contribution in [-0.4, -0.2) is 11.6 Å². The molecule has 16 heavy (non-hydrogen) atoms. The number of hydrogen-bond donors (Lipinski definition) is 0. The van der Waals surface area contributed by atoms with Gasteiger partial charge in [0.1, 0.15) is 0 Å². The Balaban J connectivity index is 2.35. The average molecular weight is 210 g/mol. The molecule has 1 aromatic rings. The van der Waals surface area contributed by atoms with Crippen molar-refractivity contribution in [2.24, 2.45) is 0 Å². The van der Waals surface area contributed by atoms with Gasteiger partial charge in [0.15, 0.2) is 11.6 Å². The summed E-state index contributed by atoms with van der Waals surface area (Å²) in [6.07, 6.45) is 6.79. The maximum absolute atomic E-state index is 11.9. The fourth-order valence-electron chi connectivity index (χ4n) is 2.41. The molecule has 0 aliphatic heterocycles. The molecule has 0 amide bonds. The highest BCUT2D eigenvalue weighted by Crippen LogP contribution is 2.35. The number of rotatable bonds is 0. The van der Waals surface area contributed by atoms with Crippen molar-refractivity contribution in [2.75, 3.05) is 0 Å². The highest BCUT2D eigenvalue weighted by atomic mass is 16.1. The Morgan fingerprint density at radius 2 is 1.75 bits per heavy atom. The third kappa shape index (κ3) is 1.07. The van der Waals surface area contributed by atoms with Gasteiger partial charge in [-0.05, 0) is 29.3 Å². The number of benzene rings is 1. The van der Waals surface area contributed by atoms with E-state index in [0.717, 1.165) is 11.1 Å². The van der Waals surface area contributed by atoms with Gasteiger partial charge in [0.25, 0.3) is 0 Å². The van der Waals surface area contributed by atoms with Gasteiger partial charge in [-0.1, -0.05) is 25.1 Å². The van der Waals surface area contributed by atoms with Crippen LogP contribution in [0.1, 0.15) is 44.7 Å². The Hall–Kier alpha value is -1.96. The summed E-state index contributed by atoms with van der Waals surface area (Å²) in [5, 5.41) is 0. The Morgan fingerprint density at radius 1 is 1.00 bits per heavy atom. The van der Waals surface area contributed by atoms with Crippen LogP contribution >= 0.6 is 0 Å². The van der Waals surface area contributed by atoms with Crippen molar-refractivity contribution in [1.29, 1.82) is 0 Å². The second-order valence-electron chi connectivity index (χ2n) is 4.20. The lowest BCUT2D eigenvalue weighted by atomic mass is 9.85. The quantitative estimate of drug-likeness (QED) is 0.659. The number of ketones is 2. The summed E-state index contributed by atoms with van der Waals surface area (Å²) in [5.74, 6) is 0.0895. The molecule has 78 valence electrons. The third-order valence-corrected chi connectivity index (χ3v) is 3.20. The summed E-state index contributed by atoms with van der Waals surface area (Å²) >= 11 is 0. The second-order valence-corrected chi connectivity index (χ2v) is 4.20. The van der Waals surface area contributed by atoms with Gasteiger partial charge in [-0.15, -0.1) is 0 Å². The maximum atomic E-state index is 11.9. The van der Waals surface area contributed by atoms with Crippen LogP contribution < -0.4 is 0 Å². The predicted octanol–water partition coefficient (Wildman–Crippen LogP) is 2.75. The molecule has 0 heterocycles. The molecule has 0 saturated carbocycles. The fourth-order valence-corrected chi connectivity index (χ4v) is 2.41. The lowest BCUT2D eigenvalue weighted by Gasteiger charge is -2.16. The predicted molar refractivity (Wildman–Crippen MR) is 61.7 cm³/mol. The number of allylic oxidation sites excluding steroid dienone is 3. The maximum Gasteiger partial charge on any atom is 0.187 e. The van der Waals surface area contributed by atoms with E-state index in [1.54, 1.807) is 6.07 Å². The molecule has 0 spiro atoms. The molecular formula is C14H10O2. The van der Waals surface area contributed by atoms with E-state index in [2.05, 4.69) is 6.08 Å². The van der Waals surface area contributed by atoms with Gasteiger partial charge in [-0.25, -0.2) is 0 Å². The van der Waals surface area contributed by atoms with Crippen molar-refractivity contribution in [3.8, 4) is 0 Å². The summed E-state index contributed by atoms with van der Waals surface area (Å²) < 4.78 is 0. The molecule has 1 unspecified atom stereocenters. The standard InChI is InChI=1S/C14H10O2/c1-8-2-3-9-4-5-10-11(15)6-7-12(16)14(10)13(8)9/h2-8H,1H3. The van der Waals surface area contributed by atoms with Crippen LogP contribution in [0.2, 0.25) is 0 Å². The summed E-state index contributed by atoms with van der Waals surface area (Å²) in [6, 6.07) is 3.67. The van der Waals surface area contributed by atoms with E-state index >= 15 is 0 Å². The molecule has 2 heteroatoms. The molecule has 0 radical (unpaired) electrons. The SMILES string of the molecule is CC1C=Cc2ccc3c(c21)C(=O)C=CC3=O. The van der Waals surface area contributed by atoms with Gasteiger partial charge in [0.05, 0.1) is 0 Å². The topological polar surface area (TPSA) is 34.1 Å². The van der Waals surface area contributed by atoms with Crippen molar-refractivity contribution in [3.05, 3.63) is 52.6 Å². The van der Waals surface area contributed by atoms with Crippen LogP contribution in [0.5, 0.6) is 0 Å². The molecule has 3 rings (SSSR count). The molecule has 2 aliphatic rings. The van der Waals surface area contributed by atoms with E-state index in [-0.39, 0.29) is 17.5 Å². The largest absolute Gasteiger partial charge is 0.289 e. The first kappa shape index (κ1) is 9.28. The van der Waals surface area contributed by atoms with Crippen molar-refractivity contribution >= 4 is 17.6 Å². The number of hydrogen-bond acceptors (Lipinski definition) is 2. The summed E-state index contributed by atoms with van der Waals surface area (Å²) in [5.41, 5.74) is 3.20. The fraction of sp³-hybridized carbons (Fsp3) is 0.143. The van der Waals surface area contributed by atoms with Gasteiger partial charge in [0, 0.05) is 17.0 Å². The van der Waals surface area contributed by atoms with Crippen LogP contribution in [-0.2, 0) is 0 Å². The van der Waals surface area contributed by atoms with E-state index < -0.39 is 0 Å². The second kappa shape index (κ2) is 3.01. The van der Waals surface area contributed by atoms with Crippen LogP contribution in [0.3, 0.4) is 0 Å². The van der Waals surface area contributed by atoms with Crippen molar-refractivity contribution < 1.29 is 9.59 Å². The van der Waals surface area contributed by atoms with Gasteiger partial charge < -0.3 is 0 Å². The molecule has 2 nitrogen and oxygen atoms in total. The Morgan fingerprint density at radius 3 is 2.56 bits per heavy atom. The lowest BCUT2D eigenvalue weighted by Crippen LogP contribution is -2.15. The molecule has 0 saturated heterocycles. The van der Waals surface area contributed by atoms with Crippen LogP contribution in [0.25, 0.3) is 6.08 Å². The highest BCUT2D eigenvalue weighted by Gasteiger charge is 2.27.